The van der Waals surface area contributed by atoms with Gasteiger partial charge in [-0.2, -0.15) is 5.10 Å². The van der Waals surface area contributed by atoms with Gasteiger partial charge in [-0.25, -0.2) is 14.6 Å². The highest BCUT2D eigenvalue weighted by Crippen LogP contribution is 2.33. The lowest BCUT2D eigenvalue weighted by Gasteiger charge is -2.08. The number of benzene rings is 1. The SMILES string of the molecule is Cc1ncn2c1Cn1nc(Cc3cccn3C)nc1-c1cc(Br)ccc1-2. The fraction of sp³-hybridized carbons (Fsp3) is 0.211. The molecule has 1 aromatic carbocycles. The molecule has 4 aromatic rings. The first-order chi connectivity index (χ1) is 12.6. The van der Waals surface area contributed by atoms with Gasteiger partial charge in [0.15, 0.2) is 11.6 Å². The van der Waals surface area contributed by atoms with Gasteiger partial charge in [-0.1, -0.05) is 15.9 Å². The highest BCUT2D eigenvalue weighted by atomic mass is 79.9. The van der Waals surface area contributed by atoms with Crippen molar-refractivity contribution in [1.29, 1.82) is 0 Å². The average Bonchev–Trinajstić information content (AvgIpc) is 3.28. The summed E-state index contributed by atoms with van der Waals surface area (Å²) in [5.41, 5.74) is 5.50. The van der Waals surface area contributed by atoms with Gasteiger partial charge in [0.05, 0.1) is 29.9 Å². The number of hydrogen-bond acceptors (Lipinski definition) is 3. The Labute approximate surface area is 159 Å². The van der Waals surface area contributed by atoms with Crippen molar-refractivity contribution in [2.45, 2.75) is 19.9 Å². The molecule has 1 aliphatic heterocycles. The Hall–Kier alpha value is -2.67. The summed E-state index contributed by atoms with van der Waals surface area (Å²) in [6, 6.07) is 10.4. The summed E-state index contributed by atoms with van der Waals surface area (Å²) in [4.78, 5) is 9.39. The Morgan fingerprint density at radius 3 is 2.92 bits per heavy atom. The maximum Gasteiger partial charge on any atom is 0.160 e. The fourth-order valence-electron chi connectivity index (χ4n) is 3.52. The van der Waals surface area contributed by atoms with Crippen molar-refractivity contribution in [1.82, 2.24) is 28.9 Å². The Balaban J connectivity index is 1.69. The molecule has 1 aliphatic rings. The van der Waals surface area contributed by atoms with Gasteiger partial charge in [0.1, 0.15) is 0 Å². The highest BCUT2D eigenvalue weighted by Gasteiger charge is 2.24. The maximum absolute atomic E-state index is 4.89. The summed E-state index contributed by atoms with van der Waals surface area (Å²) in [6.45, 7) is 2.70. The average molecular weight is 409 g/mol. The van der Waals surface area contributed by atoms with Crippen molar-refractivity contribution in [2.75, 3.05) is 0 Å². The molecule has 6 nitrogen and oxygen atoms in total. The van der Waals surface area contributed by atoms with E-state index in [9.17, 15) is 0 Å². The van der Waals surface area contributed by atoms with Crippen LogP contribution in [-0.2, 0) is 20.0 Å². The van der Waals surface area contributed by atoms with Crippen LogP contribution in [0.1, 0.15) is 22.9 Å². The molecule has 26 heavy (non-hydrogen) atoms. The molecule has 0 atom stereocenters. The molecule has 0 fully saturated rings. The van der Waals surface area contributed by atoms with Crippen LogP contribution in [0.3, 0.4) is 0 Å². The topological polar surface area (TPSA) is 53.5 Å². The maximum atomic E-state index is 4.89. The monoisotopic (exact) mass is 408 g/mol. The van der Waals surface area contributed by atoms with Gasteiger partial charge in [-0.15, -0.1) is 0 Å². The van der Waals surface area contributed by atoms with E-state index in [4.69, 9.17) is 10.1 Å². The summed E-state index contributed by atoms with van der Waals surface area (Å²) in [5, 5.41) is 4.81. The van der Waals surface area contributed by atoms with E-state index in [-0.39, 0.29) is 0 Å². The molecular formula is C19H17BrN6. The second kappa shape index (κ2) is 5.67. The van der Waals surface area contributed by atoms with Gasteiger partial charge in [0.2, 0.25) is 0 Å². The zero-order valence-corrected chi connectivity index (χ0v) is 16.1. The molecule has 5 rings (SSSR count). The van der Waals surface area contributed by atoms with Crippen LogP contribution in [-0.4, -0.2) is 28.9 Å². The first-order valence-corrected chi connectivity index (χ1v) is 9.26. The van der Waals surface area contributed by atoms with Crippen LogP contribution in [0.25, 0.3) is 17.1 Å². The van der Waals surface area contributed by atoms with Gasteiger partial charge in [0, 0.05) is 35.4 Å². The molecule has 0 saturated carbocycles. The number of rotatable bonds is 2. The highest BCUT2D eigenvalue weighted by molar-refractivity contribution is 9.10. The summed E-state index contributed by atoms with van der Waals surface area (Å²) in [5.74, 6) is 1.73. The number of fused-ring (bicyclic) bond motifs is 5. The van der Waals surface area contributed by atoms with Crippen LogP contribution in [0.4, 0.5) is 0 Å². The Kier molecular flexibility index (Phi) is 3.40. The normalized spacial score (nSPS) is 12.4. The summed E-state index contributed by atoms with van der Waals surface area (Å²) in [6.07, 6.45) is 4.64. The van der Waals surface area contributed by atoms with Crippen LogP contribution < -0.4 is 0 Å². The van der Waals surface area contributed by atoms with E-state index < -0.39 is 0 Å². The first-order valence-electron chi connectivity index (χ1n) is 8.47. The predicted molar refractivity (Wildman–Crippen MR) is 102 cm³/mol. The van der Waals surface area contributed by atoms with E-state index >= 15 is 0 Å². The van der Waals surface area contributed by atoms with Crippen molar-refractivity contribution < 1.29 is 0 Å². The molecule has 0 radical (unpaired) electrons. The predicted octanol–water partition coefficient (Wildman–Crippen LogP) is 3.49. The van der Waals surface area contributed by atoms with E-state index in [0.717, 1.165) is 38.8 Å². The Bertz CT molecular complexity index is 1130. The number of nitrogens with zero attached hydrogens (tertiary/aromatic N) is 6. The van der Waals surface area contributed by atoms with Gasteiger partial charge in [0.25, 0.3) is 0 Å². The second-order valence-corrected chi connectivity index (χ2v) is 7.52. The third-order valence-electron chi connectivity index (χ3n) is 4.94. The molecule has 0 N–H and O–H groups in total. The zero-order valence-electron chi connectivity index (χ0n) is 14.5. The minimum Gasteiger partial charge on any atom is -0.354 e. The quantitative estimate of drug-likeness (QED) is 0.449. The number of hydrogen-bond donors (Lipinski definition) is 0. The number of aromatic nitrogens is 6. The molecule has 3 aromatic heterocycles. The number of halogens is 1. The molecule has 0 spiro atoms. The van der Waals surface area contributed by atoms with Crippen LogP contribution in [0, 0.1) is 6.92 Å². The third-order valence-corrected chi connectivity index (χ3v) is 5.43. The van der Waals surface area contributed by atoms with Crippen LogP contribution in [0.15, 0.2) is 47.3 Å². The van der Waals surface area contributed by atoms with Gasteiger partial charge < -0.3 is 9.13 Å². The Morgan fingerprint density at radius 1 is 1.23 bits per heavy atom. The van der Waals surface area contributed by atoms with Crippen molar-refractivity contribution in [3.8, 4) is 17.1 Å². The summed E-state index contributed by atoms with van der Waals surface area (Å²) >= 11 is 3.59. The van der Waals surface area contributed by atoms with Crippen molar-refractivity contribution in [3.63, 3.8) is 0 Å². The smallest absolute Gasteiger partial charge is 0.160 e. The third kappa shape index (κ3) is 2.34. The summed E-state index contributed by atoms with van der Waals surface area (Å²) in [7, 11) is 2.05. The molecular weight excluding hydrogens is 392 g/mol. The fourth-order valence-corrected chi connectivity index (χ4v) is 3.88. The van der Waals surface area contributed by atoms with Gasteiger partial charge in [-0.05, 0) is 37.3 Å². The molecule has 0 unspecified atom stereocenters. The van der Waals surface area contributed by atoms with Crippen LogP contribution in [0.5, 0.6) is 0 Å². The van der Waals surface area contributed by atoms with Gasteiger partial charge in [-0.3, -0.25) is 0 Å². The lowest BCUT2D eigenvalue weighted by Crippen LogP contribution is -2.06. The molecule has 7 heteroatoms. The van der Waals surface area contributed by atoms with Crippen LogP contribution in [0.2, 0.25) is 0 Å². The van der Waals surface area contributed by atoms with Gasteiger partial charge >= 0.3 is 0 Å². The van der Waals surface area contributed by atoms with E-state index in [1.807, 2.05) is 37.2 Å². The van der Waals surface area contributed by atoms with E-state index in [1.165, 1.54) is 5.69 Å². The molecule has 130 valence electrons. The molecule has 4 heterocycles. The summed E-state index contributed by atoms with van der Waals surface area (Å²) < 4.78 is 7.27. The minimum absolute atomic E-state index is 0.660. The van der Waals surface area contributed by atoms with Crippen molar-refractivity contribution >= 4 is 15.9 Å². The first kappa shape index (κ1) is 15.6. The van der Waals surface area contributed by atoms with E-state index in [1.54, 1.807) is 0 Å². The lowest BCUT2D eigenvalue weighted by atomic mass is 10.1. The number of aryl methyl sites for hydroxylation is 2. The van der Waals surface area contributed by atoms with Crippen molar-refractivity contribution in [2.24, 2.45) is 7.05 Å². The van der Waals surface area contributed by atoms with Crippen molar-refractivity contribution in [3.05, 3.63) is 70.2 Å². The minimum atomic E-state index is 0.660. The Morgan fingerprint density at radius 2 is 2.12 bits per heavy atom. The molecule has 0 aliphatic carbocycles. The number of imidazole rings is 1. The van der Waals surface area contributed by atoms with E-state index in [2.05, 4.69) is 54.3 Å². The lowest BCUT2D eigenvalue weighted by molar-refractivity contribution is 0.662. The standard InChI is InChI=1S/C19H17BrN6/c1-12-17-10-26-19(22-18(23-26)9-14-4-3-7-24(14)2)15-8-13(20)5-6-16(15)25(17)11-21-12/h3-8,11H,9-10H2,1-2H3. The molecule has 0 saturated heterocycles. The van der Waals surface area contributed by atoms with Crippen LogP contribution >= 0.6 is 15.9 Å². The molecule has 0 bridgehead atoms. The van der Waals surface area contributed by atoms with E-state index in [0.29, 0.717) is 13.0 Å². The largest absolute Gasteiger partial charge is 0.354 e. The zero-order chi connectivity index (χ0) is 17.8. The molecule has 0 amide bonds. The second-order valence-electron chi connectivity index (χ2n) is 6.60.